The zero-order valence-electron chi connectivity index (χ0n) is 25.0. The molecule has 0 bridgehead atoms. The number of rotatable bonds is 5. The molecule has 1 aromatic carbocycles. The van der Waals surface area contributed by atoms with Crippen LogP contribution in [-0.2, 0) is 11.2 Å². The van der Waals surface area contributed by atoms with Gasteiger partial charge in [0.1, 0.15) is 11.6 Å². The monoisotopic (exact) mass is 586 g/mol. The molecule has 8 heteroatoms. The van der Waals surface area contributed by atoms with Gasteiger partial charge in [-0.1, -0.05) is 44.4 Å². The number of anilines is 2. The zero-order chi connectivity index (χ0) is 30.2. The molecule has 7 nitrogen and oxygen atoms in total. The third-order valence-electron chi connectivity index (χ3n) is 9.10. The van der Waals surface area contributed by atoms with E-state index in [-0.39, 0.29) is 23.6 Å². The van der Waals surface area contributed by atoms with Crippen LogP contribution in [0.5, 0.6) is 0 Å². The lowest BCUT2D eigenvalue weighted by molar-refractivity contribution is -0.120. The Morgan fingerprint density at radius 3 is 2.68 bits per heavy atom. The molecule has 0 saturated heterocycles. The molecule has 1 saturated carbocycles. The Hall–Kier alpha value is -4.72. The van der Waals surface area contributed by atoms with Crippen LogP contribution in [0.1, 0.15) is 68.6 Å². The van der Waals surface area contributed by atoms with Gasteiger partial charge in [-0.15, -0.1) is 0 Å². The van der Waals surface area contributed by atoms with Crippen LogP contribution in [0.3, 0.4) is 0 Å². The number of aromatic nitrogens is 3. The zero-order valence-corrected chi connectivity index (χ0v) is 25.0. The second-order valence-corrected chi connectivity index (χ2v) is 12.1. The molecule has 5 heterocycles. The fraction of sp³-hybridized carbons (Fsp3) is 0.306. The molecule has 1 atom stereocenters. The van der Waals surface area contributed by atoms with Gasteiger partial charge in [0, 0.05) is 64.8 Å². The Labute approximate surface area is 256 Å². The number of pyridine rings is 3. The van der Waals surface area contributed by atoms with Crippen molar-refractivity contribution in [3.63, 3.8) is 0 Å². The van der Waals surface area contributed by atoms with E-state index in [1.807, 2.05) is 42.5 Å². The summed E-state index contributed by atoms with van der Waals surface area (Å²) in [5.74, 6) is 0.505. The molecule has 4 aromatic rings. The van der Waals surface area contributed by atoms with Crippen LogP contribution in [0, 0.1) is 11.7 Å². The molecule has 0 unspecified atom stereocenters. The molecule has 44 heavy (non-hydrogen) atoms. The van der Waals surface area contributed by atoms with Gasteiger partial charge in [0.25, 0.3) is 0 Å². The van der Waals surface area contributed by atoms with Crippen LogP contribution < -0.4 is 10.6 Å². The van der Waals surface area contributed by atoms with Gasteiger partial charge in [-0.2, -0.15) is 0 Å². The second-order valence-electron chi connectivity index (χ2n) is 12.1. The van der Waals surface area contributed by atoms with Crippen molar-refractivity contribution in [2.75, 3.05) is 17.2 Å². The molecule has 1 amide bonds. The van der Waals surface area contributed by atoms with Crippen molar-refractivity contribution in [1.29, 1.82) is 0 Å². The molecule has 0 radical (unpaired) electrons. The Kier molecular flexibility index (Phi) is 7.50. The molecular formula is C36H35FN6O. The van der Waals surface area contributed by atoms with Gasteiger partial charge in [0.15, 0.2) is 0 Å². The minimum atomic E-state index is -0.339. The number of carbonyl (C=O) groups excluding carboxylic acids is 1. The van der Waals surface area contributed by atoms with E-state index in [2.05, 4.69) is 39.4 Å². The Bertz CT molecular complexity index is 1810. The number of carbonyl (C=O) groups is 1. The molecule has 2 N–H and O–H groups in total. The first-order valence-corrected chi connectivity index (χ1v) is 15.5. The minimum absolute atomic E-state index is 0.0173. The van der Waals surface area contributed by atoms with E-state index < -0.39 is 0 Å². The fourth-order valence-electron chi connectivity index (χ4n) is 6.72. The number of hydrogen-bond donors (Lipinski definition) is 2. The summed E-state index contributed by atoms with van der Waals surface area (Å²) in [7, 11) is 0. The molecule has 0 spiro atoms. The predicted octanol–water partition coefficient (Wildman–Crippen LogP) is 7.71. The highest BCUT2D eigenvalue weighted by molar-refractivity contribution is 6.17. The van der Waals surface area contributed by atoms with Crippen LogP contribution in [0.25, 0.3) is 22.4 Å². The van der Waals surface area contributed by atoms with Gasteiger partial charge >= 0.3 is 0 Å². The Balaban J connectivity index is 1.23. The lowest BCUT2D eigenvalue weighted by Crippen LogP contribution is -2.27. The number of nitrogens with one attached hydrogen (secondary N) is 2. The quantitative estimate of drug-likeness (QED) is 0.250. The second kappa shape index (κ2) is 11.8. The number of allylic oxidation sites excluding steroid dienone is 2. The van der Waals surface area contributed by atoms with Gasteiger partial charge in [-0.3, -0.25) is 19.8 Å². The fourth-order valence-corrected chi connectivity index (χ4v) is 6.72. The molecular weight excluding hydrogens is 551 g/mol. The topological polar surface area (TPSA) is 92.2 Å². The highest BCUT2D eigenvalue weighted by Crippen LogP contribution is 2.39. The van der Waals surface area contributed by atoms with E-state index in [9.17, 15) is 4.79 Å². The van der Waals surface area contributed by atoms with Crippen LogP contribution in [0.15, 0.2) is 83.5 Å². The Morgan fingerprint density at radius 1 is 1.00 bits per heavy atom. The average molecular weight is 587 g/mol. The van der Waals surface area contributed by atoms with Crippen LogP contribution in [-0.4, -0.2) is 33.1 Å². The van der Waals surface area contributed by atoms with Gasteiger partial charge < -0.3 is 10.6 Å². The first-order valence-electron chi connectivity index (χ1n) is 15.5. The van der Waals surface area contributed by atoms with Gasteiger partial charge in [0.2, 0.25) is 5.91 Å². The normalized spacial score (nSPS) is 18.2. The van der Waals surface area contributed by atoms with Gasteiger partial charge in [-0.25, -0.2) is 9.37 Å². The van der Waals surface area contributed by atoms with Crippen LogP contribution >= 0.6 is 0 Å². The van der Waals surface area contributed by atoms with Gasteiger partial charge in [-0.05, 0) is 61.6 Å². The van der Waals surface area contributed by atoms with Crippen LogP contribution in [0.2, 0.25) is 0 Å². The molecule has 3 aromatic heterocycles. The summed E-state index contributed by atoms with van der Waals surface area (Å²) in [6.45, 7) is 4.70. The van der Waals surface area contributed by atoms with Crippen molar-refractivity contribution in [3.8, 4) is 22.4 Å². The molecule has 222 valence electrons. The van der Waals surface area contributed by atoms with Gasteiger partial charge in [0.05, 0.1) is 29.0 Å². The highest BCUT2D eigenvalue weighted by atomic mass is 19.1. The maximum atomic E-state index is 16.7. The SMILES string of the molecule is CC1=C(C2=NC[C@@H](C)c3ccc(-c4cncc(NC(=O)C5CCCCC5)c4)c(F)c32)Nc2nccc(-c3ccccn3)c2C1. The number of amides is 1. The third-order valence-corrected chi connectivity index (χ3v) is 9.10. The van der Waals surface area contributed by atoms with E-state index in [1.54, 1.807) is 24.8 Å². The van der Waals surface area contributed by atoms with Crippen molar-refractivity contribution in [2.45, 2.75) is 58.3 Å². The molecule has 1 aliphatic carbocycles. The lowest BCUT2D eigenvalue weighted by Gasteiger charge is -2.29. The van der Waals surface area contributed by atoms with Crippen molar-refractivity contribution in [1.82, 2.24) is 15.0 Å². The summed E-state index contributed by atoms with van der Waals surface area (Å²) < 4.78 is 16.7. The van der Waals surface area contributed by atoms with Crippen molar-refractivity contribution in [3.05, 3.63) is 101 Å². The summed E-state index contributed by atoms with van der Waals surface area (Å²) in [4.78, 5) is 31.4. The lowest BCUT2D eigenvalue weighted by atomic mass is 9.84. The standard InChI is InChI=1S/C36H35FN6O/c1-21-16-29-28(30-10-6-7-14-39-30)13-15-40-35(29)43-33(21)34-31-26(22(2)18-41-34)11-12-27(32(31)37)24-17-25(20-38-19-24)42-36(44)23-8-4-3-5-9-23/h6-7,10-15,17,19-20,22-23H,3-5,8-9,16,18H2,1-2H3,(H,40,43)(H,42,44)/t22-/m1/s1. The number of aliphatic imine (C=N–C) groups is 1. The summed E-state index contributed by atoms with van der Waals surface area (Å²) in [5, 5.41) is 6.54. The number of hydrogen-bond acceptors (Lipinski definition) is 6. The highest BCUT2D eigenvalue weighted by Gasteiger charge is 2.31. The van der Waals surface area contributed by atoms with E-state index in [1.165, 1.54) is 6.42 Å². The van der Waals surface area contributed by atoms with Crippen molar-refractivity contribution < 1.29 is 9.18 Å². The van der Waals surface area contributed by atoms with E-state index in [0.717, 1.165) is 65.2 Å². The Morgan fingerprint density at radius 2 is 1.86 bits per heavy atom. The third kappa shape index (κ3) is 5.19. The average Bonchev–Trinajstić information content (AvgIpc) is 3.06. The summed E-state index contributed by atoms with van der Waals surface area (Å²) >= 11 is 0. The molecule has 2 aliphatic heterocycles. The largest absolute Gasteiger partial charge is 0.338 e. The smallest absolute Gasteiger partial charge is 0.227 e. The van der Waals surface area contributed by atoms with Crippen molar-refractivity contribution >= 4 is 23.1 Å². The predicted molar refractivity (Wildman–Crippen MR) is 172 cm³/mol. The van der Waals surface area contributed by atoms with E-state index in [4.69, 9.17) is 4.99 Å². The maximum absolute atomic E-state index is 16.7. The van der Waals surface area contributed by atoms with Crippen molar-refractivity contribution in [2.24, 2.45) is 10.9 Å². The van der Waals surface area contributed by atoms with E-state index in [0.29, 0.717) is 41.1 Å². The summed E-state index contributed by atoms with van der Waals surface area (Å²) in [6.07, 6.45) is 12.6. The maximum Gasteiger partial charge on any atom is 0.227 e. The number of nitrogens with zero attached hydrogens (tertiary/aromatic N) is 4. The van der Waals surface area contributed by atoms with E-state index >= 15 is 4.39 Å². The number of benzene rings is 1. The van der Waals surface area contributed by atoms with Crippen LogP contribution in [0.4, 0.5) is 15.9 Å². The molecule has 3 aliphatic rings. The minimum Gasteiger partial charge on any atom is -0.338 e. The first-order chi connectivity index (χ1) is 21.5. The summed E-state index contributed by atoms with van der Waals surface area (Å²) in [6, 6.07) is 13.5. The summed E-state index contributed by atoms with van der Waals surface area (Å²) in [5.41, 5.74) is 8.48. The molecule has 7 rings (SSSR count). The first kappa shape index (κ1) is 28.1. The molecule has 1 fully saturated rings. The number of fused-ring (bicyclic) bond motifs is 2. The number of halogens is 1.